The van der Waals surface area contributed by atoms with E-state index >= 15 is 0 Å². The summed E-state index contributed by atoms with van der Waals surface area (Å²) in [4.78, 5) is 2.40. The van der Waals surface area contributed by atoms with Crippen LogP contribution >= 0.6 is 0 Å². The van der Waals surface area contributed by atoms with Crippen LogP contribution in [-0.4, -0.2) is 49.4 Å². The molecule has 4 heteroatoms. The van der Waals surface area contributed by atoms with Crippen LogP contribution in [0.2, 0.25) is 0 Å². The number of aliphatic hydroxyl groups is 1. The lowest BCUT2D eigenvalue weighted by molar-refractivity contribution is 0.201. The first-order valence-electron chi connectivity index (χ1n) is 7.48. The second kappa shape index (κ2) is 7.50. The van der Waals surface area contributed by atoms with Crippen LogP contribution < -0.4 is 10.1 Å². The Labute approximate surface area is 121 Å². The normalized spacial score (nSPS) is 18.8. The van der Waals surface area contributed by atoms with Crippen molar-refractivity contribution in [3.05, 3.63) is 24.3 Å². The van der Waals surface area contributed by atoms with Crippen LogP contribution in [0, 0.1) is 5.92 Å². The largest absolute Gasteiger partial charge is 0.491 e. The summed E-state index contributed by atoms with van der Waals surface area (Å²) >= 11 is 0. The Hall–Kier alpha value is -1.26. The zero-order chi connectivity index (χ0) is 14.4. The second-order valence-electron chi connectivity index (χ2n) is 5.67. The Morgan fingerprint density at radius 2 is 1.95 bits per heavy atom. The standard InChI is InChI=1S/C16H26N2O2/c1-13(14-7-9-18(2)10-8-14)17-15-3-5-16(6-4-15)20-12-11-19/h3-6,13-14,17,19H,7-12H2,1-2H3. The highest BCUT2D eigenvalue weighted by atomic mass is 16.5. The topological polar surface area (TPSA) is 44.7 Å². The zero-order valence-corrected chi connectivity index (χ0v) is 12.5. The van der Waals surface area contributed by atoms with E-state index in [1.54, 1.807) is 0 Å². The van der Waals surface area contributed by atoms with Gasteiger partial charge in [0.05, 0.1) is 6.61 Å². The molecule has 1 aromatic rings. The van der Waals surface area contributed by atoms with Gasteiger partial charge in [-0.2, -0.15) is 0 Å². The van der Waals surface area contributed by atoms with E-state index in [-0.39, 0.29) is 6.61 Å². The molecule has 0 bridgehead atoms. The summed E-state index contributed by atoms with van der Waals surface area (Å²) in [6, 6.07) is 8.46. The fraction of sp³-hybridized carbons (Fsp3) is 0.625. The van der Waals surface area contributed by atoms with Crippen molar-refractivity contribution in [1.29, 1.82) is 0 Å². The van der Waals surface area contributed by atoms with Crippen LogP contribution in [0.4, 0.5) is 5.69 Å². The molecule has 1 heterocycles. The van der Waals surface area contributed by atoms with Crippen molar-refractivity contribution in [1.82, 2.24) is 4.90 Å². The minimum Gasteiger partial charge on any atom is -0.491 e. The van der Waals surface area contributed by atoms with Crippen molar-refractivity contribution in [2.75, 3.05) is 38.7 Å². The van der Waals surface area contributed by atoms with Gasteiger partial charge in [0.15, 0.2) is 0 Å². The molecule has 0 radical (unpaired) electrons. The van der Waals surface area contributed by atoms with Crippen LogP contribution in [0.1, 0.15) is 19.8 Å². The minimum absolute atomic E-state index is 0.0488. The Bertz CT molecular complexity index is 386. The number of likely N-dealkylation sites (tertiary alicyclic amines) is 1. The molecule has 1 saturated heterocycles. The molecule has 1 aromatic carbocycles. The molecule has 1 atom stereocenters. The van der Waals surface area contributed by atoms with Gasteiger partial charge in [-0.15, -0.1) is 0 Å². The maximum absolute atomic E-state index is 8.72. The van der Waals surface area contributed by atoms with Crippen molar-refractivity contribution >= 4 is 5.69 Å². The molecule has 2 N–H and O–H groups in total. The van der Waals surface area contributed by atoms with Crippen molar-refractivity contribution in [2.45, 2.75) is 25.8 Å². The lowest BCUT2D eigenvalue weighted by Gasteiger charge is -2.33. The molecule has 0 spiro atoms. The van der Waals surface area contributed by atoms with E-state index in [2.05, 4.69) is 24.2 Å². The van der Waals surface area contributed by atoms with E-state index in [1.807, 2.05) is 24.3 Å². The van der Waals surface area contributed by atoms with Crippen LogP contribution in [0.5, 0.6) is 5.75 Å². The van der Waals surface area contributed by atoms with Gasteiger partial charge < -0.3 is 20.1 Å². The molecule has 1 fully saturated rings. The third-order valence-electron chi connectivity index (χ3n) is 4.08. The molecule has 0 aromatic heterocycles. The van der Waals surface area contributed by atoms with Gasteiger partial charge in [-0.1, -0.05) is 0 Å². The number of piperidine rings is 1. The van der Waals surface area contributed by atoms with Crippen LogP contribution in [0.25, 0.3) is 0 Å². The average molecular weight is 278 g/mol. The number of anilines is 1. The van der Waals surface area contributed by atoms with Crippen molar-refractivity contribution < 1.29 is 9.84 Å². The molecule has 0 saturated carbocycles. The van der Waals surface area contributed by atoms with Gasteiger partial charge in [-0.3, -0.25) is 0 Å². The molecule has 112 valence electrons. The molecule has 1 unspecified atom stereocenters. The number of benzene rings is 1. The predicted molar refractivity (Wildman–Crippen MR) is 82.3 cm³/mol. The minimum atomic E-state index is 0.0488. The Balaban J connectivity index is 1.83. The molecule has 1 aliphatic rings. The molecule has 20 heavy (non-hydrogen) atoms. The third-order valence-corrected chi connectivity index (χ3v) is 4.08. The number of aliphatic hydroxyl groups excluding tert-OH is 1. The van der Waals surface area contributed by atoms with E-state index in [0.29, 0.717) is 12.6 Å². The molecule has 4 nitrogen and oxygen atoms in total. The summed E-state index contributed by atoms with van der Waals surface area (Å²) in [7, 11) is 2.19. The van der Waals surface area contributed by atoms with Gasteiger partial charge in [0.25, 0.3) is 0 Å². The van der Waals surface area contributed by atoms with Gasteiger partial charge >= 0.3 is 0 Å². The quantitative estimate of drug-likeness (QED) is 0.837. The van der Waals surface area contributed by atoms with E-state index in [4.69, 9.17) is 9.84 Å². The van der Waals surface area contributed by atoms with Gasteiger partial charge in [-0.05, 0) is 70.1 Å². The average Bonchev–Trinajstić information content (AvgIpc) is 2.47. The summed E-state index contributed by atoms with van der Waals surface area (Å²) in [5.74, 6) is 1.55. The highest BCUT2D eigenvalue weighted by Gasteiger charge is 2.21. The van der Waals surface area contributed by atoms with Crippen LogP contribution in [0.15, 0.2) is 24.3 Å². The summed E-state index contributed by atoms with van der Waals surface area (Å²) < 4.78 is 5.36. The molecule has 0 aliphatic carbocycles. The number of ether oxygens (including phenoxy) is 1. The summed E-state index contributed by atoms with van der Waals surface area (Å²) in [6.45, 7) is 5.06. The Morgan fingerprint density at radius 1 is 1.30 bits per heavy atom. The zero-order valence-electron chi connectivity index (χ0n) is 12.5. The smallest absolute Gasteiger partial charge is 0.119 e. The number of rotatable bonds is 6. The van der Waals surface area contributed by atoms with Crippen molar-refractivity contribution in [3.63, 3.8) is 0 Å². The van der Waals surface area contributed by atoms with Gasteiger partial charge in [-0.25, -0.2) is 0 Å². The predicted octanol–water partition coefficient (Wildman–Crippen LogP) is 2.20. The van der Waals surface area contributed by atoms with E-state index in [0.717, 1.165) is 17.4 Å². The number of nitrogens with zero attached hydrogens (tertiary/aromatic N) is 1. The summed E-state index contributed by atoms with van der Waals surface area (Å²) in [5.41, 5.74) is 1.13. The van der Waals surface area contributed by atoms with Crippen LogP contribution in [0.3, 0.4) is 0 Å². The lowest BCUT2D eigenvalue weighted by Crippen LogP contribution is -2.37. The molecule has 2 rings (SSSR count). The van der Waals surface area contributed by atoms with Crippen molar-refractivity contribution in [3.8, 4) is 5.75 Å². The van der Waals surface area contributed by atoms with Crippen LogP contribution in [-0.2, 0) is 0 Å². The van der Waals surface area contributed by atoms with E-state index in [1.165, 1.54) is 25.9 Å². The maximum Gasteiger partial charge on any atom is 0.119 e. The number of hydrogen-bond donors (Lipinski definition) is 2. The first-order valence-corrected chi connectivity index (χ1v) is 7.48. The summed E-state index contributed by atoms with van der Waals surface area (Å²) in [6.07, 6.45) is 2.53. The number of nitrogens with one attached hydrogen (secondary N) is 1. The first kappa shape index (κ1) is 15.1. The fourth-order valence-electron chi connectivity index (χ4n) is 2.72. The van der Waals surface area contributed by atoms with Crippen molar-refractivity contribution in [2.24, 2.45) is 5.92 Å². The lowest BCUT2D eigenvalue weighted by atomic mass is 9.90. The highest BCUT2D eigenvalue weighted by molar-refractivity contribution is 5.47. The molecule has 1 aliphatic heterocycles. The fourth-order valence-corrected chi connectivity index (χ4v) is 2.72. The molecule has 0 amide bonds. The van der Waals surface area contributed by atoms with Gasteiger partial charge in [0.1, 0.15) is 12.4 Å². The molecular formula is C16H26N2O2. The Morgan fingerprint density at radius 3 is 2.55 bits per heavy atom. The van der Waals surface area contributed by atoms with E-state index < -0.39 is 0 Å². The van der Waals surface area contributed by atoms with Gasteiger partial charge in [0, 0.05) is 11.7 Å². The highest BCUT2D eigenvalue weighted by Crippen LogP contribution is 2.23. The summed E-state index contributed by atoms with van der Waals surface area (Å²) in [5, 5.41) is 12.3. The third kappa shape index (κ3) is 4.39. The van der Waals surface area contributed by atoms with Gasteiger partial charge in [0.2, 0.25) is 0 Å². The maximum atomic E-state index is 8.72. The second-order valence-corrected chi connectivity index (χ2v) is 5.67. The Kier molecular flexibility index (Phi) is 5.68. The van der Waals surface area contributed by atoms with E-state index in [9.17, 15) is 0 Å². The monoisotopic (exact) mass is 278 g/mol. The SMILES string of the molecule is CC(Nc1ccc(OCCO)cc1)C1CCN(C)CC1. The first-order chi connectivity index (χ1) is 9.69. The molecular weight excluding hydrogens is 252 g/mol. The number of hydrogen-bond acceptors (Lipinski definition) is 4.